The van der Waals surface area contributed by atoms with E-state index < -0.39 is 0 Å². The highest BCUT2D eigenvalue weighted by Gasteiger charge is 1.94. The molecule has 0 radical (unpaired) electrons. The fourth-order valence-electron chi connectivity index (χ4n) is 1.54. The third-order valence-electron chi connectivity index (χ3n) is 2.36. The standard InChI is InChI=1S/C14H9N3/c1-2-4-12(5-3-1)6-7-13-8-9-14-15-10-11-17(14)16-13/h1-5,8-11H. The van der Waals surface area contributed by atoms with Crippen LogP contribution in [0.4, 0.5) is 0 Å². The molecule has 0 unspecified atom stereocenters. The lowest BCUT2D eigenvalue weighted by atomic mass is 10.2. The molecule has 17 heavy (non-hydrogen) atoms. The molecule has 2 heterocycles. The van der Waals surface area contributed by atoms with E-state index in [4.69, 9.17) is 0 Å². The van der Waals surface area contributed by atoms with Gasteiger partial charge in [0.15, 0.2) is 5.65 Å². The number of hydrogen-bond donors (Lipinski definition) is 0. The third-order valence-corrected chi connectivity index (χ3v) is 2.36. The van der Waals surface area contributed by atoms with E-state index in [9.17, 15) is 0 Å². The minimum Gasteiger partial charge on any atom is -0.236 e. The van der Waals surface area contributed by atoms with Crippen LogP contribution in [-0.4, -0.2) is 14.6 Å². The molecule has 2 aromatic heterocycles. The van der Waals surface area contributed by atoms with E-state index in [1.54, 1.807) is 10.7 Å². The van der Waals surface area contributed by atoms with Gasteiger partial charge in [-0.05, 0) is 30.2 Å². The summed E-state index contributed by atoms with van der Waals surface area (Å²) >= 11 is 0. The van der Waals surface area contributed by atoms with Gasteiger partial charge in [0.25, 0.3) is 0 Å². The van der Waals surface area contributed by atoms with Crippen LogP contribution in [-0.2, 0) is 0 Å². The van der Waals surface area contributed by atoms with Crippen LogP contribution in [0.15, 0.2) is 54.9 Å². The zero-order valence-electron chi connectivity index (χ0n) is 9.04. The predicted molar refractivity (Wildman–Crippen MR) is 65.4 cm³/mol. The van der Waals surface area contributed by atoms with Gasteiger partial charge in [0.05, 0.1) is 0 Å². The van der Waals surface area contributed by atoms with Crippen molar-refractivity contribution in [3.8, 4) is 11.8 Å². The van der Waals surface area contributed by atoms with Gasteiger partial charge >= 0.3 is 0 Å². The Bertz CT molecular complexity index is 702. The molecule has 0 saturated carbocycles. The van der Waals surface area contributed by atoms with E-state index in [1.165, 1.54) is 0 Å². The molecule has 3 rings (SSSR count). The first-order valence-electron chi connectivity index (χ1n) is 5.29. The smallest absolute Gasteiger partial charge is 0.153 e. The van der Waals surface area contributed by atoms with Crippen molar-refractivity contribution in [2.75, 3.05) is 0 Å². The van der Waals surface area contributed by atoms with Crippen molar-refractivity contribution in [3.05, 3.63) is 66.1 Å². The lowest BCUT2D eigenvalue weighted by Crippen LogP contribution is -1.92. The summed E-state index contributed by atoms with van der Waals surface area (Å²) in [6.45, 7) is 0. The fraction of sp³-hybridized carbons (Fsp3) is 0. The van der Waals surface area contributed by atoms with Crippen molar-refractivity contribution in [3.63, 3.8) is 0 Å². The molecular weight excluding hydrogens is 210 g/mol. The average Bonchev–Trinajstić information content (AvgIpc) is 2.85. The van der Waals surface area contributed by atoms with Gasteiger partial charge in [-0.15, -0.1) is 0 Å². The van der Waals surface area contributed by atoms with Gasteiger partial charge < -0.3 is 0 Å². The van der Waals surface area contributed by atoms with Gasteiger partial charge in [-0.1, -0.05) is 24.1 Å². The largest absolute Gasteiger partial charge is 0.236 e. The number of aromatic nitrogens is 3. The summed E-state index contributed by atoms with van der Waals surface area (Å²) in [6.07, 6.45) is 3.53. The Balaban J connectivity index is 1.97. The number of hydrogen-bond acceptors (Lipinski definition) is 2. The first-order chi connectivity index (χ1) is 8.42. The summed E-state index contributed by atoms with van der Waals surface area (Å²) in [5, 5.41) is 4.33. The molecule has 80 valence electrons. The van der Waals surface area contributed by atoms with Crippen LogP contribution in [0.1, 0.15) is 11.3 Å². The number of benzene rings is 1. The molecule has 0 saturated heterocycles. The Kier molecular flexibility index (Phi) is 2.32. The van der Waals surface area contributed by atoms with Crippen LogP contribution >= 0.6 is 0 Å². The van der Waals surface area contributed by atoms with E-state index >= 15 is 0 Å². The highest BCUT2D eigenvalue weighted by atomic mass is 15.2. The summed E-state index contributed by atoms with van der Waals surface area (Å²) in [6, 6.07) is 13.6. The van der Waals surface area contributed by atoms with Crippen molar-refractivity contribution < 1.29 is 0 Å². The van der Waals surface area contributed by atoms with Crippen molar-refractivity contribution in [2.24, 2.45) is 0 Å². The maximum atomic E-state index is 4.33. The molecule has 0 N–H and O–H groups in total. The number of imidazole rings is 1. The Morgan fingerprint density at radius 1 is 0.941 bits per heavy atom. The summed E-state index contributed by atoms with van der Waals surface area (Å²) in [5.74, 6) is 6.10. The zero-order chi connectivity index (χ0) is 11.5. The molecule has 0 aliphatic carbocycles. The molecule has 0 bridgehead atoms. The van der Waals surface area contributed by atoms with Gasteiger partial charge in [0, 0.05) is 18.0 Å². The first-order valence-corrected chi connectivity index (χ1v) is 5.29. The quantitative estimate of drug-likeness (QED) is 0.542. The summed E-state index contributed by atoms with van der Waals surface area (Å²) in [5.41, 5.74) is 2.55. The van der Waals surface area contributed by atoms with E-state index in [0.717, 1.165) is 16.9 Å². The Morgan fingerprint density at radius 2 is 1.82 bits per heavy atom. The molecular formula is C14H9N3. The summed E-state index contributed by atoms with van der Waals surface area (Å²) < 4.78 is 1.72. The summed E-state index contributed by atoms with van der Waals surface area (Å²) in [7, 11) is 0. The van der Waals surface area contributed by atoms with Crippen molar-refractivity contribution in [2.45, 2.75) is 0 Å². The Hall–Kier alpha value is -2.60. The van der Waals surface area contributed by atoms with Gasteiger partial charge in [-0.2, -0.15) is 5.10 Å². The van der Waals surface area contributed by atoms with E-state index in [2.05, 4.69) is 21.9 Å². The maximum absolute atomic E-state index is 4.33. The van der Waals surface area contributed by atoms with Crippen LogP contribution in [0.2, 0.25) is 0 Å². The highest BCUT2D eigenvalue weighted by molar-refractivity contribution is 5.43. The Labute approximate surface area is 98.7 Å². The second-order valence-corrected chi connectivity index (χ2v) is 3.56. The van der Waals surface area contributed by atoms with Crippen LogP contribution in [0.25, 0.3) is 5.65 Å². The maximum Gasteiger partial charge on any atom is 0.153 e. The predicted octanol–water partition coefficient (Wildman–Crippen LogP) is 2.13. The Morgan fingerprint density at radius 3 is 2.71 bits per heavy atom. The number of fused-ring (bicyclic) bond motifs is 1. The van der Waals surface area contributed by atoms with Crippen LogP contribution in [0, 0.1) is 11.8 Å². The molecule has 0 atom stereocenters. The summed E-state index contributed by atoms with van der Waals surface area (Å²) in [4.78, 5) is 4.13. The lowest BCUT2D eigenvalue weighted by Gasteiger charge is -1.92. The SMILES string of the molecule is C(#Cc1ccc2nccn2n1)c1ccccc1. The molecule has 3 nitrogen and oxygen atoms in total. The molecule has 3 heteroatoms. The first kappa shape index (κ1) is 9.61. The topological polar surface area (TPSA) is 30.2 Å². The minimum atomic E-state index is 0.736. The van der Waals surface area contributed by atoms with Crippen LogP contribution in [0.5, 0.6) is 0 Å². The highest BCUT2D eigenvalue weighted by Crippen LogP contribution is 2.00. The second-order valence-electron chi connectivity index (χ2n) is 3.56. The molecule has 3 aromatic rings. The number of nitrogens with zero attached hydrogens (tertiary/aromatic N) is 3. The van der Waals surface area contributed by atoms with Crippen LogP contribution in [0.3, 0.4) is 0 Å². The molecule has 0 spiro atoms. The zero-order valence-corrected chi connectivity index (χ0v) is 9.04. The van der Waals surface area contributed by atoms with E-state index in [-0.39, 0.29) is 0 Å². The third kappa shape index (κ3) is 2.01. The molecule has 0 amide bonds. The minimum absolute atomic E-state index is 0.736. The second kappa shape index (κ2) is 4.11. The van der Waals surface area contributed by atoms with E-state index in [1.807, 2.05) is 48.7 Å². The molecule has 0 aliphatic rings. The number of rotatable bonds is 0. The molecule has 0 aliphatic heterocycles. The van der Waals surface area contributed by atoms with Crippen molar-refractivity contribution >= 4 is 5.65 Å². The molecule has 1 aromatic carbocycles. The van der Waals surface area contributed by atoms with Gasteiger partial charge in [0.1, 0.15) is 5.69 Å². The van der Waals surface area contributed by atoms with Crippen molar-refractivity contribution in [1.82, 2.24) is 14.6 Å². The fourth-order valence-corrected chi connectivity index (χ4v) is 1.54. The van der Waals surface area contributed by atoms with Crippen molar-refractivity contribution in [1.29, 1.82) is 0 Å². The van der Waals surface area contributed by atoms with Crippen LogP contribution < -0.4 is 0 Å². The van der Waals surface area contributed by atoms with E-state index in [0.29, 0.717) is 0 Å². The monoisotopic (exact) mass is 219 g/mol. The molecule has 0 fully saturated rings. The van der Waals surface area contributed by atoms with Gasteiger partial charge in [-0.3, -0.25) is 0 Å². The lowest BCUT2D eigenvalue weighted by molar-refractivity contribution is 0.924. The normalized spacial score (nSPS) is 9.88. The van der Waals surface area contributed by atoms with Gasteiger partial charge in [-0.25, -0.2) is 9.50 Å². The van der Waals surface area contributed by atoms with Gasteiger partial charge in [0.2, 0.25) is 0 Å². The average molecular weight is 219 g/mol.